The van der Waals surface area contributed by atoms with Crippen molar-refractivity contribution in [2.75, 3.05) is 4.90 Å². The average molecular weight is 705 g/mol. The molecule has 258 valence electrons. The van der Waals surface area contributed by atoms with Crippen molar-refractivity contribution in [3.8, 4) is 33.7 Å². The Kier molecular flexibility index (Phi) is 7.14. The van der Waals surface area contributed by atoms with Gasteiger partial charge in [-0.25, -0.2) is 4.98 Å². The molecule has 11 rings (SSSR count). The van der Waals surface area contributed by atoms with E-state index in [9.17, 15) is 0 Å². The molecule has 2 heterocycles. The third-order valence-corrected chi connectivity index (χ3v) is 10.7. The van der Waals surface area contributed by atoms with Gasteiger partial charge in [0.05, 0.1) is 11.1 Å². The molecule has 55 heavy (non-hydrogen) atoms. The molecule has 0 bridgehead atoms. The lowest BCUT2D eigenvalue weighted by Crippen LogP contribution is -2.11. The predicted octanol–water partition coefficient (Wildman–Crippen LogP) is 14.5. The fourth-order valence-electron chi connectivity index (χ4n) is 8.02. The minimum Gasteiger partial charge on any atom is -0.456 e. The maximum Gasteiger partial charge on any atom is 0.227 e. The molecule has 11 aromatic rings. The molecule has 0 spiro atoms. The van der Waals surface area contributed by atoms with Crippen molar-refractivity contribution in [2.45, 2.75) is 0 Å². The number of rotatable bonds is 6. The van der Waals surface area contributed by atoms with Crippen LogP contribution in [0.2, 0.25) is 0 Å². The van der Waals surface area contributed by atoms with Crippen LogP contribution in [0.1, 0.15) is 0 Å². The third-order valence-electron chi connectivity index (χ3n) is 10.7. The van der Waals surface area contributed by atoms with Gasteiger partial charge in [0.15, 0.2) is 5.58 Å². The summed E-state index contributed by atoms with van der Waals surface area (Å²) in [6.07, 6.45) is 0. The molecule has 0 fully saturated rings. The monoisotopic (exact) mass is 704 g/mol. The van der Waals surface area contributed by atoms with Crippen LogP contribution in [0.15, 0.2) is 203 Å². The molecule has 0 saturated heterocycles. The minimum absolute atomic E-state index is 0.562. The molecule has 0 aliphatic heterocycles. The van der Waals surface area contributed by atoms with E-state index >= 15 is 0 Å². The Bertz CT molecular complexity index is 3190. The minimum atomic E-state index is 0.562. The lowest BCUT2D eigenvalue weighted by Gasteiger charge is -2.27. The Labute approximate surface area is 317 Å². The Morgan fingerprint density at radius 3 is 1.82 bits per heavy atom. The zero-order chi connectivity index (χ0) is 36.3. The quantitative estimate of drug-likeness (QED) is 0.173. The van der Waals surface area contributed by atoms with E-state index in [1.165, 1.54) is 32.7 Å². The number of nitrogens with zero attached hydrogens (tertiary/aromatic N) is 2. The molecule has 0 aliphatic rings. The summed E-state index contributed by atoms with van der Waals surface area (Å²) in [6.45, 7) is 0. The summed E-state index contributed by atoms with van der Waals surface area (Å²) in [7, 11) is 0. The van der Waals surface area contributed by atoms with Gasteiger partial charge in [-0.15, -0.1) is 0 Å². The normalized spacial score (nSPS) is 11.6. The van der Waals surface area contributed by atoms with Crippen LogP contribution < -0.4 is 4.90 Å². The van der Waals surface area contributed by atoms with Gasteiger partial charge in [-0.1, -0.05) is 140 Å². The van der Waals surface area contributed by atoms with Crippen LogP contribution in [0.4, 0.5) is 17.1 Å². The predicted molar refractivity (Wildman–Crippen MR) is 227 cm³/mol. The lowest BCUT2D eigenvalue weighted by atomic mass is 9.97. The fourth-order valence-corrected chi connectivity index (χ4v) is 8.02. The Hall–Kier alpha value is -7.43. The molecule has 0 radical (unpaired) electrons. The van der Waals surface area contributed by atoms with Gasteiger partial charge in [-0.2, -0.15) is 0 Å². The van der Waals surface area contributed by atoms with Gasteiger partial charge in [0.1, 0.15) is 16.7 Å². The van der Waals surface area contributed by atoms with Crippen LogP contribution in [-0.2, 0) is 0 Å². The van der Waals surface area contributed by atoms with Gasteiger partial charge in [0, 0.05) is 28.4 Å². The largest absolute Gasteiger partial charge is 0.456 e. The fraction of sp³-hybridized carbons (Fsp3) is 0. The van der Waals surface area contributed by atoms with E-state index in [2.05, 4.69) is 150 Å². The first-order chi connectivity index (χ1) is 27.2. The summed E-state index contributed by atoms with van der Waals surface area (Å²) in [5.74, 6) is 0.562. The third kappa shape index (κ3) is 5.26. The molecule has 0 N–H and O–H groups in total. The van der Waals surface area contributed by atoms with Crippen molar-refractivity contribution >= 4 is 71.6 Å². The number of benzene rings is 9. The van der Waals surface area contributed by atoms with E-state index in [0.717, 1.165) is 61.2 Å². The van der Waals surface area contributed by atoms with E-state index < -0.39 is 0 Å². The van der Waals surface area contributed by atoms with Crippen LogP contribution in [0, 0.1) is 0 Å². The van der Waals surface area contributed by atoms with Crippen LogP contribution in [-0.4, -0.2) is 4.98 Å². The van der Waals surface area contributed by atoms with Crippen molar-refractivity contribution in [2.24, 2.45) is 0 Å². The van der Waals surface area contributed by atoms with Gasteiger partial charge in [-0.3, -0.25) is 0 Å². The molecule has 0 saturated carbocycles. The molecular weight excluding hydrogens is 673 g/mol. The second-order valence-corrected chi connectivity index (χ2v) is 13.9. The Morgan fingerprint density at radius 2 is 1.02 bits per heavy atom. The van der Waals surface area contributed by atoms with Crippen molar-refractivity contribution < 1.29 is 8.83 Å². The number of furan rings is 1. The summed E-state index contributed by atoms with van der Waals surface area (Å²) < 4.78 is 13.1. The zero-order valence-electron chi connectivity index (χ0n) is 29.7. The maximum atomic E-state index is 6.55. The summed E-state index contributed by atoms with van der Waals surface area (Å²) in [6, 6.07) is 68.1. The van der Waals surface area contributed by atoms with E-state index in [1.807, 2.05) is 48.5 Å². The second kappa shape index (κ2) is 12.6. The van der Waals surface area contributed by atoms with Crippen molar-refractivity contribution in [3.05, 3.63) is 194 Å². The number of fused-ring (bicyclic) bond motifs is 6. The molecule has 4 nitrogen and oxygen atoms in total. The number of hydrogen-bond acceptors (Lipinski definition) is 4. The highest BCUT2D eigenvalue weighted by molar-refractivity contribution is 6.20. The van der Waals surface area contributed by atoms with E-state index in [-0.39, 0.29) is 0 Å². The summed E-state index contributed by atoms with van der Waals surface area (Å²) in [5, 5.41) is 6.90. The number of hydrogen-bond donors (Lipinski definition) is 0. The second-order valence-electron chi connectivity index (χ2n) is 13.9. The van der Waals surface area contributed by atoms with E-state index in [0.29, 0.717) is 11.5 Å². The summed E-state index contributed by atoms with van der Waals surface area (Å²) in [4.78, 5) is 7.54. The van der Waals surface area contributed by atoms with Gasteiger partial charge >= 0.3 is 0 Å². The molecule has 0 unspecified atom stereocenters. The highest BCUT2D eigenvalue weighted by Crippen LogP contribution is 2.48. The van der Waals surface area contributed by atoms with E-state index in [4.69, 9.17) is 13.8 Å². The first-order valence-electron chi connectivity index (χ1n) is 18.5. The Morgan fingerprint density at radius 1 is 0.382 bits per heavy atom. The first-order valence-corrected chi connectivity index (χ1v) is 18.5. The molecule has 9 aromatic carbocycles. The van der Waals surface area contributed by atoms with Crippen molar-refractivity contribution in [1.82, 2.24) is 4.98 Å². The number of para-hydroxylation sites is 1. The number of aromatic nitrogens is 1. The standard InChI is InChI=1S/C51H32N2O2/c1-2-13-37(14-3-1)51-52-49-47(55-51)32-46-48(44-18-8-9-20-45(44)54-46)50(49)53(40-27-23-34(24-28-40)39-22-21-33-11-4-5-15-38(33)31-39)41-29-25-36(26-30-41)43-19-10-16-35-12-6-7-17-42(35)43/h1-32H. The van der Waals surface area contributed by atoms with Crippen molar-refractivity contribution in [3.63, 3.8) is 0 Å². The van der Waals surface area contributed by atoms with Gasteiger partial charge in [-0.05, 0) is 92.3 Å². The smallest absolute Gasteiger partial charge is 0.227 e. The molecule has 2 aromatic heterocycles. The van der Waals surface area contributed by atoms with E-state index in [1.54, 1.807) is 0 Å². The van der Waals surface area contributed by atoms with Gasteiger partial charge in [0.25, 0.3) is 0 Å². The molecule has 0 aliphatic carbocycles. The summed E-state index contributed by atoms with van der Waals surface area (Å²) in [5.41, 5.74) is 11.4. The average Bonchev–Trinajstić information content (AvgIpc) is 3.85. The maximum absolute atomic E-state index is 6.55. The highest BCUT2D eigenvalue weighted by atomic mass is 16.4. The molecular formula is C51H32N2O2. The number of anilines is 3. The Balaban J connectivity index is 1.14. The highest BCUT2D eigenvalue weighted by Gasteiger charge is 2.26. The van der Waals surface area contributed by atoms with Crippen LogP contribution in [0.5, 0.6) is 0 Å². The van der Waals surface area contributed by atoms with Gasteiger partial charge in [0.2, 0.25) is 5.89 Å². The van der Waals surface area contributed by atoms with Gasteiger partial charge < -0.3 is 13.7 Å². The van der Waals surface area contributed by atoms with Crippen LogP contribution in [0.25, 0.3) is 88.3 Å². The zero-order valence-corrected chi connectivity index (χ0v) is 29.7. The molecule has 0 amide bonds. The SMILES string of the molecule is c1ccc(-c2nc3c(N(c4ccc(-c5ccc6ccccc6c5)cc4)c4ccc(-c5cccc6ccccc56)cc4)c4c(cc3o2)oc2ccccc24)cc1. The lowest BCUT2D eigenvalue weighted by molar-refractivity contribution is 0.617. The summed E-state index contributed by atoms with van der Waals surface area (Å²) >= 11 is 0. The number of oxazole rings is 1. The van der Waals surface area contributed by atoms with Crippen LogP contribution in [0.3, 0.4) is 0 Å². The first kappa shape index (κ1) is 31.1. The molecule has 4 heteroatoms. The van der Waals surface area contributed by atoms with Crippen molar-refractivity contribution in [1.29, 1.82) is 0 Å². The topological polar surface area (TPSA) is 42.4 Å². The molecule has 0 atom stereocenters. The van der Waals surface area contributed by atoms with Crippen LogP contribution >= 0.6 is 0 Å².